The lowest BCUT2D eigenvalue weighted by Crippen LogP contribution is -1.96. The van der Waals surface area contributed by atoms with Gasteiger partial charge in [0.1, 0.15) is 5.75 Å². The molecule has 1 aromatic heterocycles. The highest BCUT2D eigenvalue weighted by atomic mass is 16.5. The molecule has 88 valence electrons. The van der Waals surface area contributed by atoms with Crippen LogP contribution in [0.2, 0.25) is 0 Å². The van der Waals surface area contributed by atoms with Gasteiger partial charge in [-0.1, -0.05) is 18.2 Å². The molecule has 0 amide bonds. The second kappa shape index (κ2) is 4.87. The predicted molar refractivity (Wildman–Crippen MR) is 66.7 cm³/mol. The Morgan fingerprint density at radius 3 is 2.88 bits per heavy atom. The molecule has 0 bridgehead atoms. The molecule has 0 aliphatic rings. The number of aryl methyl sites for hydroxylation is 1. The number of H-pyrrole nitrogens is 1. The number of hydrogen-bond acceptors (Lipinski definition) is 2. The molecule has 0 aliphatic carbocycles. The van der Waals surface area contributed by atoms with Gasteiger partial charge in [-0.25, -0.2) is 0 Å². The quantitative estimate of drug-likeness (QED) is 0.819. The average Bonchev–Trinajstić information content (AvgIpc) is 2.77. The van der Waals surface area contributed by atoms with Crippen LogP contribution in [0.4, 0.5) is 0 Å². The third-order valence-electron chi connectivity index (χ3n) is 2.78. The molecular weight excluding hydrogens is 214 g/mol. The van der Waals surface area contributed by atoms with E-state index in [0.717, 1.165) is 35.3 Å². The highest BCUT2D eigenvalue weighted by Crippen LogP contribution is 2.25. The van der Waals surface area contributed by atoms with Gasteiger partial charge in [0.2, 0.25) is 0 Å². The number of para-hydroxylation sites is 1. The number of ether oxygens (including phenoxy) is 1. The van der Waals surface area contributed by atoms with Crippen molar-refractivity contribution in [3.8, 4) is 5.75 Å². The minimum absolute atomic E-state index is 0.673. The number of aldehydes is 1. The van der Waals surface area contributed by atoms with E-state index in [1.54, 1.807) is 13.3 Å². The van der Waals surface area contributed by atoms with Gasteiger partial charge >= 0.3 is 0 Å². The van der Waals surface area contributed by atoms with Crippen molar-refractivity contribution in [1.29, 1.82) is 0 Å². The summed E-state index contributed by atoms with van der Waals surface area (Å²) in [6.07, 6.45) is 3.29. The van der Waals surface area contributed by atoms with E-state index in [1.807, 2.05) is 31.2 Å². The molecule has 0 unspecified atom stereocenters. The van der Waals surface area contributed by atoms with Crippen molar-refractivity contribution in [3.63, 3.8) is 0 Å². The van der Waals surface area contributed by atoms with Crippen LogP contribution < -0.4 is 4.74 Å². The van der Waals surface area contributed by atoms with Crippen molar-refractivity contribution in [2.75, 3.05) is 7.11 Å². The van der Waals surface area contributed by atoms with Gasteiger partial charge in [-0.05, 0) is 18.6 Å². The number of benzene rings is 1. The summed E-state index contributed by atoms with van der Waals surface area (Å²) in [4.78, 5) is 13.7. The van der Waals surface area contributed by atoms with Crippen LogP contribution in [0, 0.1) is 6.92 Å². The van der Waals surface area contributed by atoms with Crippen LogP contribution in [0.15, 0.2) is 30.5 Å². The van der Waals surface area contributed by atoms with E-state index in [1.165, 1.54) is 0 Å². The van der Waals surface area contributed by atoms with E-state index >= 15 is 0 Å². The first-order valence-corrected chi connectivity index (χ1v) is 5.49. The zero-order valence-electron chi connectivity index (χ0n) is 9.99. The number of hydrogen-bond donors (Lipinski definition) is 1. The molecule has 0 saturated carbocycles. The van der Waals surface area contributed by atoms with Crippen molar-refractivity contribution in [1.82, 2.24) is 4.98 Å². The molecule has 0 saturated heterocycles. The molecule has 0 radical (unpaired) electrons. The fraction of sp³-hybridized carbons (Fsp3) is 0.214. The van der Waals surface area contributed by atoms with Gasteiger partial charge in [0.15, 0.2) is 6.29 Å². The van der Waals surface area contributed by atoms with E-state index in [0.29, 0.717) is 5.56 Å². The summed E-state index contributed by atoms with van der Waals surface area (Å²) in [5, 5.41) is 0. The number of carbonyl (C=O) groups is 1. The number of carbonyl (C=O) groups excluding carboxylic acids is 1. The van der Waals surface area contributed by atoms with Crippen LogP contribution in [0.3, 0.4) is 0 Å². The molecule has 1 N–H and O–H groups in total. The zero-order valence-corrected chi connectivity index (χ0v) is 9.99. The largest absolute Gasteiger partial charge is 0.496 e. The van der Waals surface area contributed by atoms with E-state index in [4.69, 9.17) is 4.74 Å². The fourth-order valence-electron chi connectivity index (χ4n) is 1.98. The van der Waals surface area contributed by atoms with Gasteiger partial charge in [-0.15, -0.1) is 0 Å². The van der Waals surface area contributed by atoms with E-state index in [9.17, 15) is 4.79 Å². The molecule has 0 fully saturated rings. The summed E-state index contributed by atoms with van der Waals surface area (Å²) in [7, 11) is 1.68. The summed E-state index contributed by atoms with van der Waals surface area (Å²) in [5.74, 6) is 0.912. The van der Waals surface area contributed by atoms with Gasteiger partial charge in [-0.3, -0.25) is 4.79 Å². The lowest BCUT2D eigenvalue weighted by molar-refractivity contribution is 0.112. The fourth-order valence-corrected chi connectivity index (χ4v) is 1.98. The zero-order chi connectivity index (χ0) is 12.3. The Labute approximate surface area is 100 Å². The van der Waals surface area contributed by atoms with Crippen molar-refractivity contribution < 1.29 is 9.53 Å². The van der Waals surface area contributed by atoms with E-state index in [-0.39, 0.29) is 0 Å². The third kappa shape index (κ3) is 2.38. The van der Waals surface area contributed by atoms with Gasteiger partial charge in [-0.2, -0.15) is 0 Å². The maximum atomic E-state index is 10.6. The first kappa shape index (κ1) is 11.5. The lowest BCUT2D eigenvalue weighted by Gasteiger charge is -2.10. The molecule has 1 aromatic carbocycles. The highest BCUT2D eigenvalue weighted by Gasteiger charge is 2.07. The number of nitrogens with one attached hydrogen (secondary N) is 1. The van der Waals surface area contributed by atoms with Gasteiger partial charge in [0.05, 0.1) is 7.11 Å². The predicted octanol–water partition coefficient (Wildman–Crippen LogP) is 2.74. The lowest BCUT2D eigenvalue weighted by atomic mass is 10.1. The van der Waals surface area contributed by atoms with Crippen LogP contribution in [-0.2, 0) is 6.42 Å². The van der Waals surface area contributed by atoms with Crippen molar-refractivity contribution in [2.24, 2.45) is 0 Å². The molecule has 2 rings (SSSR count). The third-order valence-corrected chi connectivity index (χ3v) is 2.78. The van der Waals surface area contributed by atoms with Crippen LogP contribution >= 0.6 is 0 Å². The second-order valence-corrected chi connectivity index (χ2v) is 4.02. The van der Waals surface area contributed by atoms with Crippen LogP contribution in [-0.4, -0.2) is 18.4 Å². The normalized spacial score (nSPS) is 10.2. The monoisotopic (exact) mass is 229 g/mol. The highest BCUT2D eigenvalue weighted by molar-refractivity contribution is 5.74. The molecule has 0 aliphatic heterocycles. The first-order chi connectivity index (χ1) is 8.24. The molecule has 3 heteroatoms. The summed E-state index contributed by atoms with van der Waals surface area (Å²) in [6, 6.07) is 7.92. The maximum Gasteiger partial charge on any atom is 0.151 e. The van der Waals surface area contributed by atoms with Gasteiger partial charge in [0, 0.05) is 29.4 Å². The standard InChI is InChI=1S/C14H15NO2/c1-10-4-3-5-12(14(10)17-2)7-13-6-11(9-16)8-15-13/h3-6,8-9,15H,7H2,1-2H3. The van der Waals surface area contributed by atoms with Crippen LogP contribution in [0.1, 0.15) is 27.2 Å². The molecule has 0 spiro atoms. The Morgan fingerprint density at radius 1 is 1.41 bits per heavy atom. The second-order valence-electron chi connectivity index (χ2n) is 4.02. The Hall–Kier alpha value is -2.03. The van der Waals surface area contributed by atoms with E-state index < -0.39 is 0 Å². The Kier molecular flexibility index (Phi) is 3.28. The Morgan fingerprint density at radius 2 is 2.24 bits per heavy atom. The van der Waals surface area contributed by atoms with Crippen molar-refractivity contribution in [3.05, 3.63) is 52.8 Å². The van der Waals surface area contributed by atoms with Crippen LogP contribution in [0.25, 0.3) is 0 Å². The summed E-state index contributed by atoms with van der Waals surface area (Å²) in [6.45, 7) is 2.02. The number of aromatic nitrogens is 1. The molecule has 3 nitrogen and oxygen atoms in total. The number of rotatable bonds is 4. The summed E-state index contributed by atoms with van der Waals surface area (Å²) >= 11 is 0. The molecule has 1 heterocycles. The average molecular weight is 229 g/mol. The van der Waals surface area contributed by atoms with E-state index in [2.05, 4.69) is 4.98 Å². The maximum absolute atomic E-state index is 10.6. The smallest absolute Gasteiger partial charge is 0.151 e. The summed E-state index contributed by atoms with van der Waals surface area (Å²) in [5.41, 5.74) is 3.92. The Bertz CT molecular complexity index is 529. The molecule has 17 heavy (non-hydrogen) atoms. The molecule has 2 aromatic rings. The number of methoxy groups -OCH3 is 1. The topological polar surface area (TPSA) is 42.1 Å². The first-order valence-electron chi connectivity index (χ1n) is 5.49. The summed E-state index contributed by atoms with van der Waals surface area (Å²) < 4.78 is 5.40. The number of aromatic amines is 1. The minimum Gasteiger partial charge on any atom is -0.496 e. The van der Waals surface area contributed by atoms with Crippen LogP contribution in [0.5, 0.6) is 5.75 Å². The van der Waals surface area contributed by atoms with Crippen molar-refractivity contribution >= 4 is 6.29 Å². The Balaban J connectivity index is 2.29. The molecule has 0 atom stereocenters. The van der Waals surface area contributed by atoms with Gasteiger partial charge < -0.3 is 9.72 Å². The SMILES string of the molecule is COc1c(C)cccc1Cc1cc(C=O)c[nH]1. The van der Waals surface area contributed by atoms with Gasteiger partial charge in [0.25, 0.3) is 0 Å². The molecular formula is C14H15NO2. The van der Waals surface area contributed by atoms with Crippen molar-refractivity contribution in [2.45, 2.75) is 13.3 Å². The minimum atomic E-state index is 0.673.